The Balaban J connectivity index is 0.00000338. The first-order valence-electron chi connectivity index (χ1n) is 8.36. The number of halogens is 1. The average Bonchev–Trinajstić information content (AvgIpc) is 3.00. The van der Waals surface area contributed by atoms with Crippen molar-refractivity contribution in [2.45, 2.75) is 33.7 Å². The molecule has 0 fully saturated rings. The van der Waals surface area contributed by atoms with Crippen LogP contribution >= 0.6 is 35.3 Å². The molecular formula is C18H26IN5OS. The third kappa shape index (κ3) is 7.69. The zero-order chi connectivity index (χ0) is 18.1. The standard InChI is InChI=1S/C18H25N5OS.HI/c1-4-19-18(22-12-15-14(3)8-10-25-15)20-9-7-17(24)23-16-6-5-13(2)11-21-16;/h5-6,8,10-11H,4,7,9,12H2,1-3H3,(H2,19,20,22)(H,21,23,24);1H. The second kappa shape index (κ2) is 11.8. The summed E-state index contributed by atoms with van der Waals surface area (Å²) in [6, 6.07) is 5.82. The number of aromatic nitrogens is 1. The Morgan fingerprint density at radius 1 is 1.23 bits per heavy atom. The van der Waals surface area contributed by atoms with E-state index < -0.39 is 0 Å². The Bertz CT molecular complexity index is 715. The van der Waals surface area contributed by atoms with Crippen molar-refractivity contribution in [2.75, 3.05) is 18.4 Å². The van der Waals surface area contributed by atoms with Gasteiger partial charge in [0.05, 0.1) is 6.54 Å². The van der Waals surface area contributed by atoms with Crippen LogP contribution in [-0.2, 0) is 11.3 Å². The molecule has 142 valence electrons. The molecule has 0 saturated heterocycles. The largest absolute Gasteiger partial charge is 0.357 e. The van der Waals surface area contributed by atoms with Crippen LogP contribution in [0.1, 0.15) is 29.3 Å². The van der Waals surface area contributed by atoms with E-state index in [9.17, 15) is 4.79 Å². The molecule has 0 unspecified atom stereocenters. The Morgan fingerprint density at radius 3 is 2.65 bits per heavy atom. The number of aliphatic imine (C=N–C) groups is 1. The number of nitrogens with zero attached hydrogens (tertiary/aromatic N) is 2. The van der Waals surface area contributed by atoms with Gasteiger partial charge < -0.3 is 16.0 Å². The first-order valence-corrected chi connectivity index (χ1v) is 9.24. The van der Waals surface area contributed by atoms with Crippen molar-refractivity contribution in [3.63, 3.8) is 0 Å². The highest BCUT2D eigenvalue weighted by Gasteiger charge is 2.05. The van der Waals surface area contributed by atoms with Gasteiger partial charge in [-0.15, -0.1) is 35.3 Å². The van der Waals surface area contributed by atoms with Gasteiger partial charge in [-0.2, -0.15) is 0 Å². The van der Waals surface area contributed by atoms with Gasteiger partial charge in [0.1, 0.15) is 5.82 Å². The van der Waals surface area contributed by atoms with Crippen LogP contribution in [0.2, 0.25) is 0 Å². The van der Waals surface area contributed by atoms with E-state index in [0.29, 0.717) is 25.3 Å². The molecule has 0 aliphatic carbocycles. The average molecular weight is 487 g/mol. The zero-order valence-corrected chi connectivity index (χ0v) is 18.5. The first-order chi connectivity index (χ1) is 12.1. The predicted molar refractivity (Wildman–Crippen MR) is 120 cm³/mol. The molecule has 0 spiro atoms. The molecule has 8 heteroatoms. The number of thiophene rings is 1. The van der Waals surface area contributed by atoms with Crippen molar-refractivity contribution < 1.29 is 4.79 Å². The molecule has 26 heavy (non-hydrogen) atoms. The maximum atomic E-state index is 12.0. The van der Waals surface area contributed by atoms with E-state index >= 15 is 0 Å². The molecule has 0 aliphatic heterocycles. The van der Waals surface area contributed by atoms with Crippen molar-refractivity contribution in [1.82, 2.24) is 15.6 Å². The normalized spacial score (nSPS) is 10.8. The van der Waals surface area contributed by atoms with E-state index in [1.54, 1.807) is 23.6 Å². The molecule has 2 rings (SSSR count). The molecule has 0 atom stereocenters. The topological polar surface area (TPSA) is 78.4 Å². The minimum Gasteiger partial charge on any atom is -0.357 e. The third-order valence-corrected chi connectivity index (χ3v) is 4.52. The second-order valence-electron chi connectivity index (χ2n) is 5.67. The molecule has 0 radical (unpaired) electrons. The third-order valence-electron chi connectivity index (χ3n) is 3.52. The molecule has 2 heterocycles. The summed E-state index contributed by atoms with van der Waals surface area (Å²) in [6.07, 6.45) is 2.08. The number of anilines is 1. The van der Waals surface area contributed by atoms with E-state index in [4.69, 9.17) is 0 Å². The number of rotatable bonds is 7. The second-order valence-corrected chi connectivity index (χ2v) is 6.67. The lowest BCUT2D eigenvalue weighted by Crippen LogP contribution is -2.38. The Kier molecular flexibility index (Phi) is 10.2. The highest BCUT2D eigenvalue weighted by Crippen LogP contribution is 2.16. The summed E-state index contributed by atoms with van der Waals surface area (Å²) in [4.78, 5) is 22.0. The lowest BCUT2D eigenvalue weighted by Gasteiger charge is -2.11. The number of carbonyl (C=O) groups is 1. The number of nitrogens with one attached hydrogen (secondary N) is 3. The maximum Gasteiger partial charge on any atom is 0.227 e. The molecule has 0 aliphatic rings. The van der Waals surface area contributed by atoms with E-state index in [-0.39, 0.29) is 29.9 Å². The predicted octanol–water partition coefficient (Wildman–Crippen LogP) is 3.46. The highest BCUT2D eigenvalue weighted by molar-refractivity contribution is 14.0. The van der Waals surface area contributed by atoms with E-state index in [2.05, 4.69) is 44.3 Å². The molecule has 0 bridgehead atoms. The summed E-state index contributed by atoms with van der Waals surface area (Å²) in [5.41, 5.74) is 2.32. The Hall–Kier alpha value is -1.68. The van der Waals surface area contributed by atoms with Crippen LogP contribution in [0.5, 0.6) is 0 Å². The van der Waals surface area contributed by atoms with Gasteiger partial charge in [0.15, 0.2) is 5.96 Å². The molecule has 0 saturated carbocycles. The van der Waals surface area contributed by atoms with Crippen molar-refractivity contribution in [2.24, 2.45) is 4.99 Å². The first kappa shape index (κ1) is 22.4. The molecule has 2 aromatic heterocycles. The molecule has 0 aromatic carbocycles. The van der Waals surface area contributed by atoms with E-state index in [0.717, 1.165) is 18.1 Å². The van der Waals surface area contributed by atoms with Crippen molar-refractivity contribution in [1.29, 1.82) is 0 Å². The van der Waals surface area contributed by atoms with Crippen LogP contribution in [0.15, 0.2) is 34.8 Å². The molecule has 6 nitrogen and oxygen atoms in total. The van der Waals surface area contributed by atoms with Gasteiger partial charge in [-0.05, 0) is 49.4 Å². The highest BCUT2D eigenvalue weighted by atomic mass is 127. The van der Waals surface area contributed by atoms with Crippen LogP contribution in [0.4, 0.5) is 5.82 Å². The lowest BCUT2D eigenvalue weighted by molar-refractivity contribution is -0.116. The van der Waals surface area contributed by atoms with Gasteiger partial charge in [-0.3, -0.25) is 4.79 Å². The summed E-state index contributed by atoms with van der Waals surface area (Å²) < 4.78 is 0. The van der Waals surface area contributed by atoms with Gasteiger partial charge in [0.2, 0.25) is 5.91 Å². The van der Waals surface area contributed by atoms with Gasteiger partial charge in [0, 0.05) is 30.6 Å². The monoisotopic (exact) mass is 487 g/mol. The number of carbonyl (C=O) groups excluding carboxylic acids is 1. The quantitative estimate of drug-likeness (QED) is 0.318. The smallest absolute Gasteiger partial charge is 0.227 e. The Morgan fingerprint density at radius 2 is 2.04 bits per heavy atom. The van der Waals surface area contributed by atoms with Crippen LogP contribution in [0.25, 0.3) is 0 Å². The van der Waals surface area contributed by atoms with Crippen LogP contribution in [0.3, 0.4) is 0 Å². The van der Waals surface area contributed by atoms with Gasteiger partial charge >= 0.3 is 0 Å². The lowest BCUT2D eigenvalue weighted by atomic mass is 10.3. The zero-order valence-electron chi connectivity index (χ0n) is 15.3. The van der Waals surface area contributed by atoms with Crippen LogP contribution < -0.4 is 16.0 Å². The van der Waals surface area contributed by atoms with Crippen LogP contribution in [0, 0.1) is 13.8 Å². The number of aryl methyl sites for hydroxylation is 2. The number of hydrogen-bond acceptors (Lipinski definition) is 4. The van der Waals surface area contributed by atoms with Gasteiger partial charge in [-0.1, -0.05) is 6.07 Å². The van der Waals surface area contributed by atoms with Crippen molar-refractivity contribution in [3.8, 4) is 0 Å². The Labute approximate surface area is 175 Å². The van der Waals surface area contributed by atoms with E-state index in [1.807, 2.05) is 19.9 Å². The van der Waals surface area contributed by atoms with Gasteiger partial charge in [0.25, 0.3) is 0 Å². The summed E-state index contributed by atoms with van der Waals surface area (Å²) in [5, 5.41) is 11.2. The SMILES string of the molecule is CCNC(=NCc1sccc1C)NCCC(=O)Nc1ccc(C)cn1.I. The van der Waals surface area contributed by atoms with E-state index in [1.165, 1.54) is 10.4 Å². The van der Waals surface area contributed by atoms with Crippen molar-refractivity contribution in [3.05, 3.63) is 45.8 Å². The summed E-state index contributed by atoms with van der Waals surface area (Å²) in [6.45, 7) is 7.98. The minimum absolute atomic E-state index is 0. The number of hydrogen-bond donors (Lipinski definition) is 3. The minimum atomic E-state index is -0.0752. The fraction of sp³-hybridized carbons (Fsp3) is 0.389. The fourth-order valence-corrected chi connectivity index (χ4v) is 2.93. The summed E-state index contributed by atoms with van der Waals surface area (Å²) in [5.74, 6) is 1.22. The maximum absolute atomic E-state index is 12.0. The summed E-state index contributed by atoms with van der Waals surface area (Å²) in [7, 11) is 0. The molecule has 3 N–H and O–H groups in total. The van der Waals surface area contributed by atoms with Crippen LogP contribution in [-0.4, -0.2) is 29.9 Å². The van der Waals surface area contributed by atoms with Crippen molar-refractivity contribution >= 4 is 53.0 Å². The number of guanidine groups is 1. The molecular weight excluding hydrogens is 461 g/mol. The molecule has 2 aromatic rings. The molecule has 1 amide bonds. The number of pyridine rings is 1. The number of amides is 1. The van der Waals surface area contributed by atoms with Gasteiger partial charge in [-0.25, -0.2) is 9.98 Å². The fourth-order valence-electron chi connectivity index (χ4n) is 2.10. The summed E-state index contributed by atoms with van der Waals surface area (Å²) >= 11 is 1.71.